The molecule has 32 heavy (non-hydrogen) atoms. The molecule has 1 aromatic heterocycles. The summed E-state index contributed by atoms with van der Waals surface area (Å²) in [5, 5.41) is 11.2. The van der Waals surface area contributed by atoms with E-state index < -0.39 is 5.82 Å². The van der Waals surface area contributed by atoms with E-state index in [9.17, 15) is 4.39 Å². The highest BCUT2D eigenvalue weighted by molar-refractivity contribution is 6.31. The lowest BCUT2D eigenvalue weighted by molar-refractivity contribution is 0.518. The standard InChI is InChI=1S/C25H29ClFN5/c1-3-16(4-2)15-29-24-20-7-5-6-19(17-10-12-28-13-11-17)23(20)31-25(32-24)30-18-8-9-22(27)21(26)14-18/h5-10,14,16,28H,3-4,11-13,15H2,1-2H3,(H2,29,30,31,32). The molecule has 0 saturated heterocycles. The van der Waals surface area contributed by atoms with Gasteiger partial charge in [0.15, 0.2) is 0 Å². The van der Waals surface area contributed by atoms with Crippen LogP contribution in [-0.4, -0.2) is 29.6 Å². The first-order valence-corrected chi connectivity index (χ1v) is 11.6. The van der Waals surface area contributed by atoms with Gasteiger partial charge in [0.1, 0.15) is 11.6 Å². The van der Waals surface area contributed by atoms with Gasteiger partial charge in [-0.3, -0.25) is 0 Å². The van der Waals surface area contributed by atoms with Crippen LogP contribution in [0.25, 0.3) is 16.5 Å². The molecule has 0 spiro atoms. The Labute approximate surface area is 193 Å². The van der Waals surface area contributed by atoms with E-state index in [0.717, 1.165) is 61.2 Å². The normalized spacial score (nSPS) is 14.0. The largest absolute Gasteiger partial charge is 0.369 e. The number of para-hydroxylation sites is 1. The number of hydrogen-bond donors (Lipinski definition) is 3. The van der Waals surface area contributed by atoms with Crippen molar-refractivity contribution in [1.29, 1.82) is 0 Å². The average molecular weight is 454 g/mol. The van der Waals surface area contributed by atoms with E-state index in [-0.39, 0.29) is 5.02 Å². The number of nitrogens with zero attached hydrogens (tertiary/aromatic N) is 2. The van der Waals surface area contributed by atoms with Gasteiger partial charge in [-0.15, -0.1) is 0 Å². The first-order valence-electron chi connectivity index (χ1n) is 11.3. The van der Waals surface area contributed by atoms with Crippen molar-refractivity contribution in [3.8, 4) is 0 Å². The number of aromatic nitrogens is 2. The first kappa shape index (κ1) is 22.5. The molecule has 0 amide bonds. The van der Waals surface area contributed by atoms with Crippen LogP contribution in [0.5, 0.6) is 0 Å². The van der Waals surface area contributed by atoms with Crippen LogP contribution in [-0.2, 0) is 0 Å². The molecule has 2 heterocycles. The minimum absolute atomic E-state index is 0.0587. The Morgan fingerprint density at radius 3 is 2.72 bits per heavy atom. The summed E-state index contributed by atoms with van der Waals surface area (Å²) < 4.78 is 13.6. The Bertz CT molecular complexity index is 1130. The van der Waals surface area contributed by atoms with Crippen LogP contribution in [0.2, 0.25) is 5.02 Å². The second kappa shape index (κ2) is 10.3. The Morgan fingerprint density at radius 1 is 1.16 bits per heavy atom. The summed E-state index contributed by atoms with van der Waals surface area (Å²) in [7, 11) is 0. The van der Waals surface area contributed by atoms with Crippen LogP contribution in [0, 0.1) is 11.7 Å². The van der Waals surface area contributed by atoms with Crippen LogP contribution in [0.1, 0.15) is 38.7 Å². The molecule has 3 aromatic rings. The third kappa shape index (κ3) is 5.03. The summed E-state index contributed by atoms with van der Waals surface area (Å²) in [6, 6.07) is 10.8. The lowest BCUT2D eigenvalue weighted by Gasteiger charge is -2.19. The van der Waals surface area contributed by atoms with Gasteiger partial charge in [-0.1, -0.05) is 56.5 Å². The van der Waals surface area contributed by atoms with Crippen LogP contribution >= 0.6 is 11.6 Å². The minimum Gasteiger partial charge on any atom is -0.369 e. The molecule has 2 aromatic carbocycles. The smallest absolute Gasteiger partial charge is 0.229 e. The number of nitrogens with one attached hydrogen (secondary N) is 3. The summed E-state index contributed by atoms with van der Waals surface area (Å²) in [4.78, 5) is 9.64. The van der Waals surface area contributed by atoms with Crippen molar-refractivity contribution in [3.63, 3.8) is 0 Å². The van der Waals surface area contributed by atoms with Gasteiger partial charge < -0.3 is 16.0 Å². The fraction of sp³-hybridized carbons (Fsp3) is 0.360. The average Bonchev–Trinajstić information content (AvgIpc) is 2.82. The Kier molecular flexibility index (Phi) is 7.22. The van der Waals surface area contributed by atoms with E-state index in [0.29, 0.717) is 17.6 Å². The van der Waals surface area contributed by atoms with Crippen molar-refractivity contribution in [2.75, 3.05) is 30.3 Å². The van der Waals surface area contributed by atoms with E-state index in [2.05, 4.69) is 54.1 Å². The van der Waals surface area contributed by atoms with E-state index in [4.69, 9.17) is 21.6 Å². The van der Waals surface area contributed by atoms with Gasteiger partial charge in [0.05, 0.1) is 10.5 Å². The van der Waals surface area contributed by atoms with Crippen molar-refractivity contribution in [3.05, 3.63) is 58.9 Å². The maximum atomic E-state index is 13.6. The third-order valence-corrected chi connectivity index (χ3v) is 6.31. The molecule has 168 valence electrons. The zero-order chi connectivity index (χ0) is 22.5. The topological polar surface area (TPSA) is 61.9 Å². The van der Waals surface area contributed by atoms with Gasteiger partial charge in [-0.25, -0.2) is 9.37 Å². The van der Waals surface area contributed by atoms with E-state index in [1.54, 1.807) is 12.1 Å². The number of fused-ring (bicyclic) bond motifs is 1. The van der Waals surface area contributed by atoms with E-state index in [1.807, 2.05) is 0 Å². The molecule has 3 N–H and O–H groups in total. The summed E-state index contributed by atoms with van der Waals surface area (Å²) in [5.41, 5.74) is 3.95. The summed E-state index contributed by atoms with van der Waals surface area (Å²) in [6.45, 7) is 7.07. The lowest BCUT2D eigenvalue weighted by atomic mass is 9.97. The SMILES string of the molecule is CCC(CC)CNc1nc(Nc2ccc(F)c(Cl)c2)nc2c(C3=CCNCC3)cccc12. The molecule has 0 fully saturated rings. The van der Waals surface area contributed by atoms with E-state index in [1.165, 1.54) is 11.6 Å². The van der Waals surface area contributed by atoms with Crippen molar-refractivity contribution in [2.24, 2.45) is 5.92 Å². The zero-order valence-electron chi connectivity index (χ0n) is 18.5. The second-order valence-corrected chi connectivity index (χ2v) is 8.51. The highest BCUT2D eigenvalue weighted by Gasteiger charge is 2.16. The molecule has 7 heteroatoms. The molecule has 5 nitrogen and oxygen atoms in total. The van der Waals surface area contributed by atoms with Crippen molar-refractivity contribution in [2.45, 2.75) is 33.1 Å². The number of rotatable bonds is 8. The predicted molar refractivity (Wildman–Crippen MR) is 132 cm³/mol. The summed E-state index contributed by atoms with van der Waals surface area (Å²) >= 11 is 5.97. The molecule has 0 radical (unpaired) electrons. The van der Waals surface area contributed by atoms with Gasteiger partial charge in [-0.2, -0.15) is 4.98 Å². The number of anilines is 3. The van der Waals surface area contributed by atoms with Crippen LogP contribution in [0.3, 0.4) is 0 Å². The maximum absolute atomic E-state index is 13.6. The quantitative estimate of drug-likeness (QED) is 0.369. The Balaban J connectivity index is 1.78. The predicted octanol–water partition coefficient (Wildman–Crippen LogP) is 6.39. The van der Waals surface area contributed by atoms with Crippen molar-refractivity contribution in [1.82, 2.24) is 15.3 Å². The Hall–Kier alpha value is -2.70. The van der Waals surface area contributed by atoms with Gasteiger partial charge in [0, 0.05) is 29.7 Å². The number of benzene rings is 2. The van der Waals surface area contributed by atoms with Gasteiger partial charge in [0.2, 0.25) is 5.95 Å². The monoisotopic (exact) mass is 453 g/mol. The minimum atomic E-state index is -0.454. The van der Waals surface area contributed by atoms with Gasteiger partial charge in [0.25, 0.3) is 0 Å². The molecule has 1 aliphatic heterocycles. The van der Waals surface area contributed by atoms with Crippen molar-refractivity contribution < 1.29 is 4.39 Å². The molecule has 0 saturated carbocycles. The maximum Gasteiger partial charge on any atom is 0.229 e. The molecule has 0 aliphatic carbocycles. The summed E-state index contributed by atoms with van der Waals surface area (Å²) in [5.74, 6) is 1.37. The molecule has 0 atom stereocenters. The van der Waals surface area contributed by atoms with Crippen LogP contribution in [0.15, 0.2) is 42.5 Å². The van der Waals surface area contributed by atoms with Crippen LogP contribution in [0.4, 0.5) is 21.8 Å². The molecular formula is C25H29ClFN5. The molecule has 0 unspecified atom stereocenters. The fourth-order valence-corrected chi connectivity index (χ4v) is 4.17. The molecule has 0 bridgehead atoms. The van der Waals surface area contributed by atoms with Crippen LogP contribution < -0.4 is 16.0 Å². The highest BCUT2D eigenvalue weighted by Crippen LogP contribution is 2.32. The summed E-state index contributed by atoms with van der Waals surface area (Å²) in [6.07, 6.45) is 5.40. The number of hydrogen-bond acceptors (Lipinski definition) is 5. The number of halogens is 2. The lowest BCUT2D eigenvalue weighted by Crippen LogP contribution is -2.20. The molecule has 4 rings (SSSR count). The first-order chi connectivity index (χ1) is 15.6. The van der Waals surface area contributed by atoms with Gasteiger partial charge >= 0.3 is 0 Å². The Morgan fingerprint density at radius 2 is 2.00 bits per heavy atom. The third-order valence-electron chi connectivity index (χ3n) is 6.03. The molecular weight excluding hydrogens is 425 g/mol. The fourth-order valence-electron chi connectivity index (χ4n) is 3.99. The molecule has 1 aliphatic rings. The van der Waals surface area contributed by atoms with Crippen molar-refractivity contribution >= 4 is 45.5 Å². The zero-order valence-corrected chi connectivity index (χ0v) is 19.3. The van der Waals surface area contributed by atoms with Gasteiger partial charge in [-0.05, 0) is 48.7 Å². The van der Waals surface area contributed by atoms with E-state index >= 15 is 0 Å². The highest BCUT2D eigenvalue weighted by atomic mass is 35.5. The second-order valence-electron chi connectivity index (χ2n) is 8.10.